The number of hydrogen-bond donors (Lipinski definition) is 0. The summed E-state index contributed by atoms with van der Waals surface area (Å²) in [4.78, 5) is 0. The van der Waals surface area contributed by atoms with Crippen LogP contribution in [0.5, 0.6) is 11.5 Å². The van der Waals surface area contributed by atoms with Crippen molar-refractivity contribution >= 4 is 0 Å². The van der Waals surface area contributed by atoms with Crippen LogP contribution in [-0.4, -0.2) is 6.61 Å². The Morgan fingerprint density at radius 3 is 1.65 bits per heavy atom. The molecule has 0 aliphatic rings. The monoisotopic (exact) mass is 566 g/mol. The Morgan fingerprint density at radius 1 is 0.625 bits per heavy atom. The third-order valence-corrected chi connectivity index (χ3v) is 5.39. The lowest BCUT2D eigenvalue weighted by Gasteiger charge is -2.20. The van der Waals surface area contributed by atoms with E-state index in [9.17, 15) is 39.5 Å². The Bertz CT molecular complexity index is 1570. The van der Waals surface area contributed by atoms with Crippen molar-refractivity contribution in [2.45, 2.75) is 13.0 Å². The van der Waals surface area contributed by atoms with Gasteiger partial charge in [0.2, 0.25) is 0 Å². The Hall–Kier alpha value is -4.59. The molecule has 4 aromatic carbocycles. The molecule has 0 heterocycles. The van der Waals surface area contributed by atoms with Crippen LogP contribution in [0, 0.1) is 52.6 Å². The average Bonchev–Trinajstić information content (AvgIpc) is 2.85. The van der Waals surface area contributed by atoms with Gasteiger partial charge in [0.1, 0.15) is 40.3 Å². The SMILES string of the molecule is CCOc1cc(F)c(C(F)(F)Oc2cc(F)c(-c3ccc(C#Cc4cc(F)c(F)c(F)c4)cc3)c(F)c2)c(F)c1. The molecule has 0 aliphatic carbocycles. The van der Waals surface area contributed by atoms with Crippen LogP contribution in [0.1, 0.15) is 23.6 Å². The first-order chi connectivity index (χ1) is 18.9. The van der Waals surface area contributed by atoms with Crippen LogP contribution in [0.25, 0.3) is 11.1 Å². The molecule has 0 unspecified atom stereocenters. The summed E-state index contributed by atoms with van der Waals surface area (Å²) in [5.74, 6) is -6.94. The largest absolute Gasteiger partial charge is 0.494 e. The molecule has 206 valence electrons. The van der Waals surface area contributed by atoms with Crippen LogP contribution in [0.2, 0.25) is 0 Å². The number of alkyl halides is 2. The topological polar surface area (TPSA) is 18.5 Å². The summed E-state index contributed by atoms with van der Waals surface area (Å²) in [6.07, 6.45) is -4.64. The van der Waals surface area contributed by atoms with E-state index < -0.39 is 63.7 Å². The van der Waals surface area contributed by atoms with Gasteiger partial charge in [-0.05, 0) is 36.8 Å². The van der Waals surface area contributed by atoms with Crippen molar-refractivity contribution in [3.63, 3.8) is 0 Å². The third-order valence-electron chi connectivity index (χ3n) is 5.39. The highest BCUT2D eigenvalue weighted by molar-refractivity contribution is 5.67. The summed E-state index contributed by atoms with van der Waals surface area (Å²) in [5.41, 5.74) is -2.34. The third kappa shape index (κ3) is 6.01. The van der Waals surface area contributed by atoms with Gasteiger partial charge in [-0.2, -0.15) is 8.78 Å². The van der Waals surface area contributed by atoms with E-state index in [1.807, 2.05) is 0 Å². The highest BCUT2D eigenvalue weighted by atomic mass is 19.3. The quantitative estimate of drug-likeness (QED) is 0.133. The lowest BCUT2D eigenvalue weighted by atomic mass is 10.0. The summed E-state index contributed by atoms with van der Waals surface area (Å²) in [7, 11) is 0. The van der Waals surface area contributed by atoms with E-state index in [0.29, 0.717) is 36.4 Å². The summed E-state index contributed by atoms with van der Waals surface area (Å²) in [6, 6.07) is 8.35. The van der Waals surface area contributed by atoms with Gasteiger partial charge in [-0.1, -0.05) is 24.0 Å². The maximum absolute atomic E-state index is 14.8. The van der Waals surface area contributed by atoms with Crippen LogP contribution >= 0.6 is 0 Å². The fourth-order valence-electron chi connectivity index (χ4n) is 3.65. The van der Waals surface area contributed by atoms with Crippen molar-refractivity contribution in [3.8, 4) is 34.5 Å². The van der Waals surface area contributed by atoms with E-state index in [4.69, 9.17) is 4.74 Å². The zero-order chi connectivity index (χ0) is 29.2. The lowest BCUT2D eigenvalue weighted by Crippen LogP contribution is -2.25. The Balaban J connectivity index is 1.57. The molecule has 0 spiro atoms. The van der Waals surface area contributed by atoms with E-state index in [0.717, 1.165) is 0 Å². The van der Waals surface area contributed by atoms with Gasteiger partial charge < -0.3 is 9.47 Å². The lowest BCUT2D eigenvalue weighted by molar-refractivity contribution is -0.189. The van der Waals surface area contributed by atoms with Crippen LogP contribution < -0.4 is 9.47 Å². The molecular weight excluding hydrogens is 551 g/mol. The number of ether oxygens (including phenoxy) is 2. The maximum Gasteiger partial charge on any atom is 0.432 e. The number of halogens is 9. The van der Waals surface area contributed by atoms with Crippen LogP contribution in [0.3, 0.4) is 0 Å². The second kappa shape index (κ2) is 11.3. The first-order valence-corrected chi connectivity index (χ1v) is 11.3. The molecule has 0 saturated carbocycles. The van der Waals surface area contributed by atoms with Crippen LogP contribution in [0.15, 0.2) is 60.7 Å². The summed E-state index contributed by atoms with van der Waals surface area (Å²) >= 11 is 0. The van der Waals surface area contributed by atoms with E-state index in [-0.39, 0.29) is 29.0 Å². The fourth-order valence-corrected chi connectivity index (χ4v) is 3.65. The van der Waals surface area contributed by atoms with Gasteiger partial charge in [-0.15, -0.1) is 0 Å². The second-order valence-electron chi connectivity index (χ2n) is 8.16. The zero-order valence-electron chi connectivity index (χ0n) is 20.2. The maximum atomic E-state index is 14.8. The van der Waals surface area contributed by atoms with Crippen LogP contribution in [-0.2, 0) is 6.11 Å². The van der Waals surface area contributed by atoms with Crippen molar-refractivity contribution < 1.29 is 49.0 Å². The smallest absolute Gasteiger partial charge is 0.432 e. The van der Waals surface area contributed by atoms with Crippen molar-refractivity contribution in [2.75, 3.05) is 6.61 Å². The molecule has 0 fully saturated rings. The fraction of sp³-hybridized carbons (Fsp3) is 0.103. The molecule has 0 atom stereocenters. The minimum atomic E-state index is -4.64. The van der Waals surface area contributed by atoms with Gasteiger partial charge >= 0.3 is 6.11 Å². The summed E-state index contributed by atoms with van der Waals surface area (Å²) in [6.45, 7) is 1.53. The first kappa shape index (κ1) is 28.4. The minimum Gasteiger partial charge on any atom is -0.494 e. The van der Waals surface area contributed by atoms with Crippen molar-refractivity contribution in [2.24, 2.45) is 0 Å². The Morgan fingerprint density at radius 2 is 1.12 bits per heavy atom. The molecule has 0 saturated heterocycles. The van der Waals surface area contributed by atoms with Gasteiger partial charge in [-0.3, -0.25) is 0 Å². The first-order valence-electron chi connectivity index (χ1n) is 11.3. The van der Waals surface area contributed by atoms with Crippen molar-refractivity contribution in [1.82, 2.24) is 0 Å². The van der Waals surface area contributed by atoms with Gasteiger partial charge in [0.05, 0.1) is 12.2 Å². The minimum absolute atomic E-state index is 0.0184. The van der Waals surface area contributed by atoms with Gasteiger partial charge in [0.25, 0.3) is 0 Å². The van der Waals surface area contributed by atoms with E-state index in [2.05, 4.69) is 16.6 Å². The van der Waals surface area contributed by atoms with Crippen molar-refractivity contribution in [3.05, 3.63) is 118 Å². The molecule has 4 rings (SSSR count). The molecule has 0 aliphatic heterocycles. The van der Waals surface area contributed by atoms with Gasteiger partial charge in [0, 0.05) is 35.4 Å². The predicted molar refractivity (Wildman–Crippen MR) is 126 cm³/mol. The van der Waals surface area contributed by atoms with Gasteiger partial charge in [-0.25, -0.2) is 30.7 Å². The van der Waals surface area contributed by atoms with Crippen molar-refractivity contribution in [1.29, 1.82) is 0 Å². The Labute approximate surface area is 221 Å². The highest BCUT2D eigenvalue weighted by Gasteiger charge is 2.41. The van der Waals surface area contributed by atoms with E-state index in [1.54, 1.807) is 0 Å². The number of rotatable bonds is 6. The second-order valence-corrected chi connectivity index (χ2v) is 8.16. The Kier molecular flexibility index (Phi) is 8.00. The summed E-state index contributed by atoms with van der Waals surface area (Å²) < 4.78 is 136. The average molecular weight is 566 g/mol. The zero-order valence-corrected chi connectivity index (χ0v) is 20.2. The molecule has 0 N–H and O–H groups in total. The molecule has 4 aromatic rings. The normalized spacial score (nSPS) is 11.2. The molecule has 0 amide bonds. The number of hydrogen-bond acceptors (Lipinski definition) is 2. The molecule has 0 aromatic heterocycles. The number of benzene rings is 4. The molecular formula is C29H15F9O2. The molecule has 40 heavy (non-hydrogen) atoms. The standard InChI is InChI=1S/C29H15F9O2/c1-2-39-18-11-22(32)27(23(33)12-18)29(37,38)40-19-13-20(30)26(21(31)14-19)17-7-5-15(6-8-17)3-4-16-9-24(34)28(36)25(35)10-16/h5-14H,2H2,1H3. The van der Waals surface area contributed by atoms with Crippen LogP contribution in [0.4, 0.5) is 39.5 Å². The summed E-state index contributed by atoms with van der Waals surface area (Å²) in [5, 5.41) is 0. The highest BCUT2D eigenvalue weighted by Crippen LogP contribution is 2.38. The molecule has 0 bridgehead atoms. The molecule has 11 heteroatoms. The van der Waals surface area contributed by atoms with E-state index >= 15 is 0 Å². The van der Waals surface area contributed by atoms with E-state index in [1.165, 1.54) is 31.2 Å². The molecule has 0 radical (unpaired) electrons. The predicted octanol–water partition coefficient (Wildman–Crippen LogP) is 8.25. The van der Waals surface area contributed by atoms with Gasteiger partial charge in [0.15, 0.2) is 17.5 Å². The molecule has 2 nitrogen and oxygen atoms in total.